The lowest BCUT2D eigenvalue weighted by atomic mass is 9.91. The van der Waals surface area contributed by atoms with Crippen molar-refractivity contribution in [1.29, 1.82) is 0 Å². The van der Waals surface area contributed by atoms with Crippen LogP contribution in [0, 0.1) is 5.92 Å². The number of nitrogens with zero attached hydrogens (tertiary/aromatic N) is 3. The molecule has 0 radical (unpaired) electrons. The third kappa shape index (κ3) is 4.83. The molecule has 0 saturated heterocycles. The number of aryl methyl sites for hydroxylation is 1. The van der Waals surface area contributed by atoms with Gasteiger partial charge < -0.3 is 9.84 Å². The largest absolute Gasteiger partial charge is 0.443 e. The molecule has 1 atom stereocenters. The van der Waals surface area contributed by atoms with E-state index in [1.807, 2.05) is 54.6 Å². The van der Waals surface area contributed by atoms with Gasteiger partial charge in [-0.3, -0.25) is 13.9 Å². The summed E-state index contributed by atoms with van der Waals surface area (Å²) in [6.45, 7) is 2.19. The summed E-state index contributed by atoms with van der Waals surface area (Å²) in [7, 11) is 1.62. The van der Waals surface area contributed by atoms with Crippen molar-refractivity contribution >= 4 is 11.7 Å². The van der Waals surface area contributed by atoms with Gasteiger partial charge in [-0.2, -0.15) is 4.99 Å². The van der Waals surface area contributed by atoms with Crippen molar-refractivity contribution in [2.24, 2.45) is 18.0 Å². The van der Waals surface area contributed by atoms with Crippen molar-refractivity contribution in [3.63, 3.8) is 0 Å². The lowest BCUT2D eigenvalue weighted by Crippen LogP contribution is -2.43. The quantitative estimate of drug-likeness (QED) is 0.603. The summed E-state index contributed by atoms with van der Waals surface area (Å²) in [4.78, 5) is 30.7. The molecule has 7 nitrogen and oxygen atoms in total. The van der Waals surface area contributed by atoms with Gasteiger partial charge in [-0.1, -0.05) is 49.4 Å². The maximum Gasteiger partial charge on any atom is 0.332 e. The Bertz CT molecular complexity index is 1260. The fraction of sp³-hybridized carbons (Fsp3) is 0.346. The number of rotatable bonds is 7. The number of hydrogen-bond acceptors (Lipinski definition) is 5. The van der Waals surface area contributed by atoms with E-state index in [-0.39, 0.29) is 24.6 Å². The molecular weight excluding hydrogens is 418 g/mol. The number of aliphatic hydroxyl groups is 1. The first kappa shape index (κ1) is 22.7. The fourth-order valence-corrected chi connectivity index (χ4v) is 4.17. The van der Waals surface area contributed by atoms with Crippen LogP contribution in [-0.4, -0.2) is 26.7 Å². The average molecular weight is 448 g/mol. The first-order chi connectivity index (χ1) is 16.0. The Morgan fingerprint density at radius 2 is 1.79 bits per heavy atom. The highest BCUT2D eigenvalue weighted by molar-refractivity contribution is 5.86. The third-order valence-electron chi connectivity index (χ3n) is 6.04. The van der Waals surface area contributed by atoms with E-state index in [0.29, 0.717) is 42.3 Å². The van der Waals surface area contributed by atoms with Crippen LogP contribution in [0.15, 0.2) is 69.2 Å². The first-order valence-electron chi connectivity index (χ1n) is 11.3. The SMILES string of the molecule is CCc1ccc(OC2=Nc3c(c(=O)n(CCCO)c(=O)n3C)CC2Cc2ccccc2)cc1. The van der Waals surface area contributed by atoms with Gasteiger partial charge in [-0.25, -0.2) is 4.79 Å². The van der Waals surface area contributed by atoms with Gasteiger partial charge in [0.25, 0.3) is 5.56 Å². The van der Waals surface area contributed by atoms with Crippen LogP contribution in [0.2, 0.25) is 0 Å². The van der Waals surface area contributed by atoms with E-state index in [2.05, 4.69) is 6.92 Å². The number of aliphatic imine (C=N–C) groups is 1. The minimum Gasteiger partial charge on any atom is -0.443 e. The standard InChI is InChI=1S/C26H29N3O4/c1-3-18-10-12-21(13-11-18)33-24-20(16-19-8-5-4-6-9-19)17-22-23(27-24)28(2)26(32)29(25(22)31)14-7-15-30/h4-6,8-13,20,30H,3,7,14-17H2,1-2H3. The molecular formula is C26H29N3O4. The minimum absolute atomic E-state index is 0.0870. The van der Waals surface area contributed by atoms with Crippen molar-refractivity contribution < 1.29 is 9.84 Å². The fourth-order valence-electron chi connectivity index (χ4n) is 4.17. The van der Waals surface area contributed by atoms with E-state index in [1.165, 1.54) is 14.7 Å². The predicted molar refractivity (Wildman–Crippen MR) is 129 cm³/mol. The lowest BCUT2D eigenvalue weighted by Gasteiger charge is -2.26. The first-order valence-corrected chi connectivity index (χ1v) is 11.3. The molecule has 3 aromatic rings. The predicted octanol–water partition coefficient (Wildman–Crippen LogP) is 3.02. The van der Waals surface area contributed by atoms with Crippen LogP contribution in [0.4, 0.5) is 5.82 Å². The van der Waals surface area contributed by atoms with Crippen LogP contribution in [-0.2, 0) is 32.9 Å². The summed E-state index contributed by atoms with van der Waals surface area (Å²) < 4.78 is 8.81. The number of aliphatic hydroxyl groups excluding tert-OH is 1. The van der Waals surface area contributed by atoms with Gasteiger partial charge in [-0.05, 0) is 48.9 Å². The molecule has 0 amide bonds. The Kier molecular flexibility index (Phi) is 6.89. The zero-order valence-electron chi connectivity index (χ0n) is 19.0. The lowest BCUT2D eigenvalue weighted by molar-refractivity contribution is 0.277. The Morgan fingerprint density at radius 1 is 1.06 bits per heavy atom. The summed E-state index contributed by atoms with van der Waals surface area (Å²) in [5, 5.41) is 9.17. The van der Waals surface area contributed by atoms with E-state index in [1.54, 1.807) is 7.05 Å². The zero-order valence-corrected chi connectivity index (χ0v) is 19.0. The topological polar surface area (TPSA) is 85.8 Å². The number of hydrogen-bond donors (Lipinski definition) is 1. The van der Waals surface area contributed by atoms with Crippen molar-refractivity contribution in [2.75, 3.05) is 6.61 Å². The molecule has 1 aliphatic heterocycles. The van der Waals surface area contributed by atoms with E-state index >= 15 is 0 Å². The van der Waals surface area contributed by atoms with Gasteiger partial charge >= 0.3 is 5.69 Å². The second kappa shape index (κ2) is 10.0. The molecule has 0 fully saturated rings. The van der Waals surface area contributed by atoms with Gasteiger partial charge in [0, 0.05) is 26.1 Å². The van der Waals surface area contributed by atoms with E-state index < -0.39 is 5.69 Å². The molecule has 4 rings (SSSR count). The van der Waals surface area contributed by atoms with E-state index in [4.69, 9.17) is 14.8 Å². The van der Waals surface area contributed by atoms with Crippen LogP contribution in [0.25, 0.3) is 0 Å². The highest BCUT2D eigenvalue weighted by atomic mass is 16.5. The van der Waals surface area contributed by atoms with Crippen molar-refractivity contribution in [3.8, 4) is 5.75 Å². The molecule has 1 unspecified atom stereocenters. The molecule has 172 valence electrons. The number of aromatic nitrogens is 2. The zero-order chi connectivity index (χ0) is 23.4. The summed E-state index contributed by atoms with van der Waals surface area (Å²) in [5.41, 5.74) is 2.06. The highest BCUT2D eigenvalue weighted by Crippen LogP contribution is 2.29. The molecule has 1 aliphatic rings. The number of ether oxygens (including phenoxy) is 1. The Balaban J connectivity index is 1.77. The van der Waals surface area contributed by atoms with Gasteiger partial charge in [-0.15, -0.1) is 0 Å². The Labute approximate surface area is 192 Å². The molecule has 0 spiro atoms. The van der Waals surface area contributed by atoms with Crippen LogP contribution in [0.3, 0.4) is 0 Å². The van der Waals surface area contributed by atoms with Crippen LogP contribution < -0.4 is 16.0 Å². The smallest absolute Gasteiger partial charge is 0.332 e. The summed E-state index contributed by atoms with van der Waals surface area (Å²) in [6, 6.07) is 17.9. The van der Waals surface area contributed by atoms with Crippen molar-refractivity contribution in [2.45, 2.75) is 39.2 Å². The summed E-state index contributed by atoms with van der Waals surface area (Å²) in [6.07, 6.45) is 2.36. The molecule has 0 bridgehead atoms. The molecule has 0 aliphatic carbocycles. The number of fused-ring (bicyclic) bond motifs is 1. The van der Waals surface area contributed by atoms with Gasteiger partial charge in [0.05, 0.1) is 5.56 Å². The normalized spacial score (nSPS) is 15.1. The minimum atomic E-state index is -0.441. The van der Waals surface area contributed by atoms with Crippen molar-refractivity contribution in [1.82, 2.24) is 9.13 Å². The maximum absolute atomic E-state index is 13.2. The molecule has 33 heavy (non-hydrogen) atoms. The second-order valence-corrected chi connectivity index (χ2v) is 8.32. The molecule has 0 saturated carbocycles. The van der Waals surface area contributed by atoms with Crippen LogP contribution in [0.1, 0.15) is 30.0 Å². The Morgan fingerprint density at radius 3 is 2.45 bits per heavy atom. The molecule has 2 heterocycles. The summed E-state index contributed by atoms with van der Waals surface area (Å²) >= 11 is 0. The van der Waals surface area contributed by atoms with Gasteiger partial charge in [0.2, 0.25) is 0 Å². The monoisotopic (exact) mass is 447 g/mol. The Hall–Kier alpha value is -3.45. The van der Waals surface area contributed by atoms with Crippen LogP contribution >= 0.6 is 0 Å². The van der Waals surface area contributed by atoms with Gasteiger partial charge in [0.15, 0.2) is 5.90 Å². The molecule has 1 aromatic heterocycles. The van der Waals surface area contributed by atoms with E-state index in [0.717, 1.165) is 12.0 Å². The average Bonchev–Trinajstić information content (AvgIpc) is 2.84. The molecule has 2 aromatic carbocycles. The summed E-state index contributed by atoms with van der Waals surface area (Å²) in [5.74, 6) is 1.36. The van der Waals surface area contributed by atoms with Crippen LogP contribution in [0.5, 0.6) is 5.75 Å². The van der Waals surface area contributed by atoms with Crippen molar-refractivity contribution in [3.05, 3.63) is 92.1 Å². The maximum atomic E-state index is 13.2. The highest BCUT2D eigenvalue weighted by Gasteiger charge is 2.30. The van der Waals surface area contributed by atoms with E-state index in [9.17, 15) is 9.59 Å². The third-order valence-corrected chi connectivity index (χ3v) is 6.04. The number of benzene rings is 2. The molecule has 7 heteroatoms. The van der Waals surface area contributed by atoms with Gasteiger partial charge in [0.1, 0.15) is 11.6 Å². The molecule has 1 N–H and O–H groups in total. The second-order valence-electron chi connectivity index (χ2n) is 8.32.